The molecular formula is C20H24N2O4S. The lowest BCUT2D eigenvalue weighted by Gasteiger charge is -2.37. The fourth-order valence-corrected chi connectivity index (χ4v) is 3.69. The lowest BCUT2D eigenvalue weighted by Crippen LogP contribution is -2.41. The molecule has 6 nitrogen and oxygen atoms in total. The van der Waals surface area contributed by atoms with Gasteiger partial charge in [0, 0.05) is 24.6 Å². The summed E-state index contributed by atoms with van der Waals surface area (Å²) in [5.41, 5.74) is 1.56. The topological polar surface area (TPSA) is 75.7 Å². The zero-order valence-corrected chi connectivity index (χ0v) is 16.7. The Bertz CT molecular complexity index is 952. The number of ether oxygens (including phenoxy) is 1. The molecule has 27 heavy (non-hydrogen) atoms. The van der Waals surface area contributed by atoms with Crippen molar-refractivity contribution in [1.29, 1.82) is 0 Å². The van der Waals surface area contributed by atoms with Crippen molar-refractivity contribution in [3.05, 3.63) is 59.7 Å². The van der Waals surface area contributed by atoms with Crippen molar-refractivity contribution < 1.29 is 17.9 Å². The van der Waals surface area contributed by atoms with Gasteiger partial charge in [-0.25, -0.2) is 8.42 Å². The summed E-state index contributed by atoms with van der Waals surface area (Å²) in [5, 5.41) is 3.08. The van der Waals surface area contributed by atoms with Gasteiger partial charge in [0.2, 0.25) is 10.0 Å². The zero-order chi connectivity index (χ0) is 19.8. The lowest BCUT2D eigenvalue weighted by molar-refractivity contribution is 0.0619. The SMILES string of the molecule is CN(c1ccc(C(=O)NC2CC(C)(C)Oc3ccccc32)cc1)S(C)(=O)=O. The summed E-state index contributed by atoms with van der Waals surface area (Å²) in [6.07, 6.45) is 1.79. The first-order valence-electron chi connectivity index (χ1n) is 8.70. The minimum absolute atomic E-state index is 0.157. The highest BCUT2D eigenvalue weighted by molar-refractivity contribution is 7.92. The molecule has 0 aliphatic carbocycles. The third-order valence-corrected chi connectivity index (χ3v) is 5.88. The van der Waals surface area contributed by atoms with Crippen LogP contribution in [0.15, 0.2) is 48.5 Å². The van der Waals surface area contributed by atoms with Gasteiger partial charge in [0.1, 0.15) is 11.4 Å². The summed E-state index contributed by atoms with van der Waals surface area (Å²) in [6.45, 7) is 4.00. The van der Waals surface area contributed by atoms with Crippen LogP contribution in [0, 0.1) is 0 Å². The molecule has 2 aromatic rings. The molecule has 0 saturated heterocycles. The molecule has 0 fully saturated rings. The largest absolute Gasteiger partial charge is 0.487 e. The van der Waals surface area contributed by atoms with Crippen LogP contribution in [-0.4, -0.2) is 33.2 Å². The Morgan fingerprint density at radius 1 is 1.15 bits per heavy atom. The number of anilines is 1. The molecule has 1 aliphatic heterocycles. The van der Waals surface area contributed by atoms with Gasteiger partial charge in [0.15, 0.2) is 0 Å². The maximum atomic E-state index is 12.7. The third kappa shape index (κ3) is 4.24. The molecular weight excluding hydrogens is 364 g/mol. The summed E-state index contributed by atoms with van der Waals surface area (Å²) in [4.78, 5) is 12.7. The van der Waals surface area contributed by atoms with Gasteiger partial charge < -0.3 is 10.1 Å². The van der Waals surface area contributed by atoms with Gasteiger partial charge >= 0.3 is 0 Å². The number of hydrogen-bond donors (Lipinski definition) is 1. The van der Waals surface area contributed by atoms with Crippen molar-refractivity contribution in [2.24, 2.45) is 0 Å². The predicted octanol–water partition coefficient (Wildman–Crippen LogP) is 3.11. The Balaban J connectivity index is 1.80. The molecule has 1 amide bonds. The van der Waals surface area contributed by atoms with E-state index in [0.717, 1.165) is 17.6 Å². The van der Waals surface area contributed by atoms with Gasteiger partial charge in [-0.2, -0.15) is 0 Å². The minimum atomic E-state index is -3.34. The Morgan fingerprint density at radius 2 is 1.78 bits per heavy atom. The van der Waals surface area contributed by atoms with Gasteiger partial charge in [-0.15, -0.1) is 0 Å². The van der Waals surface area contributed by atoms with Crippen LogP contribution in [0.5, 0.6) is 5.75 Å². The number of rotatable bonds is 4. The number of fused-ring (bicyclic) bond motifs is 1. The average molecular weight is 388 g/mol. The minimum Gasteiger partial charge on any atom is -0.487 e. The number of carbonyl (C=O) groups excluding carboxylic acids is 1. The second-order valence-corrected chi connectivity index (χ2v) is 9.42. The zero-order valence-electron chi connectivity index (χ0n) is 15.9. The maximum Gasteiger partial charge on any atom is 0.251 e. The fourth-order valence-electron chi connectivity index (χ4n) is 3.19. The molecule has 1 unspecified atom stereocenters. The average Bonchev–Trinajstić information content (AvgIpc) is 2.59. The van der Waals surface area contributed by atoms with Crippen molar-refractivity contribution in [3.8, 4) is 5.75 Å². The lowest BCUT2D eigenvalue weighted by atomic mass is 9.89. The number of sulfonamides is 1. The quantitative estimate of drug-likeness (QED) is 0.873. The van der Waals surface area contributed by atoms with Gasteiger partial charge in [0.25, 0.3) is 5.91 Å². The summed E-state index contributed by atoms with van der Waals surface area (Å²) in [6, 6.07) is 14.0. The van der Waals surface area contributed by atoms with Crippen molar-refractivity contribution in [2.75, 3.05) is 17.6 Å². The first-order valence-corrected chi connectivity index (χ1v) is 10.5. The number of hydrogen-bond acceptors (Lipinski definition) is 4. The number of nitrogens with one attached hydrogen (secondary N) is 1. The van der Waals surface area contributed by atoms with Crippen LogP contribution in [0.3, 0.4) is 0 Å². The van der Waals surface area contributed by atoms with Crippen LogP contribution in [0.4, 0.5) is 5.69 Å². The molecule has 7 heteroatoms. The van der Waals surface area contributed by atoms with Crippen molar-refractivity contribution in [2.45, 2.75) is 31.9 Å². The second-order valence-electron chi connectivity index (χ2n) is 7.41. The van der Waals surface area contributed by atoms with E-state index < -0.39 is 10.0 Å². The summed E-state index contributed by atoms with van der Waals surface area (Å²) in [5.74, 6) is 0.574. The van der Waals surface area contributed by atoms with E-state index in [9.17, 15) is 13.2 Å². The van der Waals surface area contributed by atoms with Crippen molar-refractivity contribution in [1.82, 2.24) is 5.32 Å². The predicted molar refractivity (Wildman–Crippen MR) is 106 cm³/mol. The summed E-state index contributed by atoms with van der Waals surface area (Å²) < 4.78 is 30.4. The summed E-state index contributed by atoms with van der Waals surface area (Å²) in [7, 11) is -1.86. The molecule has 3 rings (SSSR count). The van der Waals surface area contributed by atoms with E-state index in [1.54, 1.807) is 24.3 Å². The van der Waals surface area contributed by atoms with E-state index in [4.69, 9.17) is 4.74 Å². The van der Waals surface area contributed by atoms with E-state index in [2.05, 4.69) is 5.32 Å². The van der Waals surface area contributed by atoms with Crippen LogP contribution < -0.4 is 14.4 Å². The smallest absolute Gasteiger partial charge is 0.251 e. The molecule has 0 spiro atoms. The Morgan fingerprint density at radius 3 is 2.41 bits per heavy atom. The second kappa shape index (κ2) is 6.88. The number of para-hydroxylation sites is 1. The number of benzene rings is 2. The normalized spacial score (nSPS) is 18.1. The van der Waals surface area contributed by atoms with Gasteiger partial charge in [-0.3, -0.25) is 9.10 Å². The van der Waals surface area contributed by atoms with Gasteiger partial charge in [-0.1, -0.05) is 18.2 Å². The van der Waals surface area contributed by atoms with E-state index in [1.165, 1.54) is 11.4 Å². The number of carbonyl (C=O) groups is 1. The monoisotopic (exact) mass is 388 g/mol. The van der Waals surface area contributed by atoms with Crippen molar-refractivity contribution >= 4 is 21.6 Å². The Labute approximate surface area is 160 Å². The van der Waals surface area contributed by atoms with Crippen LogP contribution in [0.25, 0.3) is 0 Å². The van der Waals surface area contributed by atoms with Crippen molar-refractivity contribution in [3.63, 3.8) is 0 Å². The molecule has 0 radical (unpaired) electrons. The van der Waals surface area contributed by atoms with E-state index in [-0.39, 0.29) is 17.6 Å². The third-order valence-electron chi connectivity index (χ3n) is 4.67. The molecule has 1 atom stereocenters. The molecule has 144 valence electrons. The van der Waals surface area contributed by atoms with E-state index in [1.807, 2.05) is 38.1 Å². The van der Waals surface area contributed by atoms with E-state index in [0.29, 0.717) is 17.7 Å². The van der Waals surface area contributed by atoms with Gasteiger partial charge in [-0.05, 0) is 44.2 Å². The summed E-state index contributed by atoms with van der Waals surface area (Å²) >= 11 is 0. The Kier molecular flexibility index (Phi) is 4.90. The van der Waals surface area contributed by atoms with Crippen LogP contribution >= 0.6 is 0 Å². The Hall–Kier alpha value is -2.54. The molecule has 1 N–H and O–H groups in total. The number of amides is 1. The van der Waals surface area contributed by atoms with E-state index >= 15 is 0 Å². The molecule has 0 saturated carbocycles. The van der Waals surface area contributed by atoms with Gasteiger partial charge in [0.05, 0.1) is 18.0 Å². The molecule has 1 aliphatic rings. The highest BCUT2D eigenvalue weighted by atomic mass is 32.2. The molecule has 2 aromatic carbocycles. The highest BCUT2D eigenvalue weighted by Gasteiger charge is 2.34. The molecule has 0 bridgehead atoms. The van der Waals surface area contributed by atoms with Crippen LogP contribution in [0.1, 0.15) is 42.2 Å². The van der Waals surface area contributed by atoms with Crippen LogP contribution in [0.2, 0.25) is 0 Å². The first-order chi connectivity index (χ1) is 12.6. The molecule has 1 heterocycles. The standard InChI is InChI=1S/C20H24N2O4S/c1-20(2)13-17(16-7-5-6-8-18(16)26-20)21-19(23)14-9-11-15(12-10-14)22(3)27(4,24)25/h5-12,17H,13H2,1-4H3,(H,21,23). The highest BCUT2D eigenvalue weighted by Crippen LogP contribution is 2.39. The molecule has 0 aromatic heterocycles. The maximum absolute atomic E-state index is 12.7. The first kappa shape index (κ1) is 19.2. The number of nitrogens with zero attached hydrogens (tertiary/aromatic N) is 1. The van der Waals surface area contributed by atoms with Crippen LogP contribution in [-0.2, 0) is 10.0 Å². The fraction of sp³-hybridized carbons (Fsp3) is 0.350.